The zero-order chi connectivity index (χ0) is 20.4. The van der Waals surface area contributed by atoms with Gasteiger partial charge in [0.1, 0.15) is 22.4 Å². The number of carbonyl (C=O) groups is 1. The number of fused-ring (bicyclic) bond motifs is 1. The van der Waals surface area contributed by atoms with Crippen LogP contribution in [-0.4, -0.2) is 37.4 Å². The van der Waals surface area contributed by atoms with Crippen LogP contribution in [0.15, 0.2) is 64.0 Å². The molecule has 1 aliphatic carbocycles. The summed E-state index contributed by atoms with van der Waals surface area (Å²) < 4.78 is 5.22. The van der Waals surface area contributed by atoms with Crippen molar-refractivity contribution in [2.45, 2.75) is 30.3 Å². The number of rotatable bonds is 7. The first kappa shape index (κ1) is 19.6. The van der Waals surface area contributed by atoms with Crippen LogP contribution in [0.4, 0.5) is 5.69 Å². The molecule has 0 N–H and O–H groups in total. The van der Waals surface area contributed by atoms with Gasteiger partial charge in [-0.15, -0.1) is 0 Å². The summed E-state index contributed by atoms with van der Waals surface area (Å²) in [6.45, 7) is 0.950. The summed E-state index contributed by atoms with van der Waals surface area (Å²) in [6.07, 6.45) is 2.20. The van der Waals surface area contributed by atoms with E-state index in [9.17, 15) is 10.1 Å². The summed E-state index contributed by atoms with van der Waals surface area (Å²) in [4.78, 5) is 18.3. The van der Waals surface area contributed by atoms with E-state index in [0.29, 0.717) is 12.6 Å². The summed E-state index contributed by atoms with van der Waals surface area (Å²) in [7, 11) is 3.56. The number of para-hydroxylation sites is 1. The van der Waals surface area contributed by atoms with Crippen molar-refractivity contribution >= 4 is 23.2 Å². The average Bonchev–Trinajstić information content (AvgIpc) is 3.54. The van der Waals surface area contributed by atoms with E-state index in [1.165, 1.54) is 11.8 Å². The van der Waals surface area contributed by atoms with Crippen molar-refractivity contribution in [1.82, 2.24) is 4.90 Å². The van der Waals surface area contributed by atoms with Crippen LogP contribution >= 0.6 is 11.8 Å². The zero-order valence-electron chi connectivity index (χ0n) is 16.6. The number of methoxy groups -OCH3 is 1. The molecule has 0 aromatic heterocycles. The minimum atomic E-state index is -0.116. The minimum absolute atomic E-state index is 0.116. The van der Waals surface area contributed by atoms with E-state index in [0.717, 1.165) is 39.8 Å². The third kappa shape index (κ3) is 4.16. The summed E-state index contributed by atoms with van der Waals surface area (Å²) >= 11 is 1.49. The lowest BCUT2D eigenvalue weighted by Crippen LogP contribution is -2.32. The molecular formula is C23H23N3O2S. The first-order chi connectivity index (χ1) is 14.1. The highest BCUT2D eigenvalue weighted by molar-refractivity contribution is 8.03. The Kier molecular flexibility index (Phi) is 5.61. The van der Waals surface area contributed by atoms with E-state index >= 15 is 0 Å². The molecule has 2 aromatic rings. The first-order valence-electron chi connectivity index (χ1n) is 9.66. The molecule has 0 bridgehead atoms. The van der Waals surface area contributed by atoms with E-state index < -0.39 is 0 Å². The smallest absolute Gasteiger partial charge is 0.190 e. The van der Waals surface area contributed by atoms with E-state index in [1.54, 1.807) is 7.11 Å². The van der Waals surface area contributed by atoms with Gasteiger partial charge in [0.15, 0.2) is 5.78 Å². The second kappa shape index (κ2) is 8.32. The number of ketones is 1. The summed E-state index contributed by atoms with van der Waals surface area (Å²) in [6, 6.07) is 18.5. The van der Waals surface area contributed by atoms with Gasteiger partial charge in [0.25, 0.3) is 0 Å². The van der Waals surface area contributed by atoms with E-state index in [2.05, 4.69) is 11.0 Å². The third-order valence-corrected chi connectivity index (χ3v) is 6.53. The van der Waals surface area contributed by atoms with Crippen molar-refractivity contribution < 1.29 is 9.53 Å². The molecule has 0 saturated heterocycles. The molecule has 0 unspecified atom stereocenters. The lowest BCUT2D eigenvalue weighted by atomic mass is 10.1. The molecule has 5 nitrogen and oxygen atoms in total. The summed E-state index contributed by atoms with van der Waals surface area (Å²) in [5.41, 5.74) is 2.41. The number of thioether (sulfide) groups is 1. The van der Waals surface area contributed by atoms with Crippen molar-refractivity contribution in [1.29, 1.82) is 5.26 Å². The zero-order valence-corrected chi connectivity index (χ0v) is 17.4. The number of hydrogen-bond acceptors (Lipinski definition) is 6. The Labute approximate surface area is 175 Å². The number of nitrogens with zero attached hydrogens (tertiary/aromatic N) is 3. The molecule has 1 heterocycles. The van der Waals surface area contributed by atoms with Gasteiger partial charge >= 0.3 is 0 Å². The average molecular weight is 406 g/mol. The lowest BCUT2D eigenvalue weighted by molar-refractivity contribution is -0.116. The molecule has 148 valence electrons. The quantitative estimate of drug-likeness (QED) is 0.508. The fraction of sp³-hybridized carbons (Fsp3) is 0.304. The molecule has 1 fully saturated rings. The van der Waals surface area contributed by atoms with Crippen molar-refractivity contribution in [2.75, 3.05) is 25.6 Å². The predicted octanol–water partition coefficient (Wildman–Crippen LogP) is 4.21. The normalized spacial score (nSPS) is 17.1. The van der Waals surface area contributed by atoms with Crippen LogP contribution in [0.5, 0.6) is 5.75 Å². The van der Waals surface area contributed by atoms with Crippen LogP contribution in [0.2, 0.25) is 0 Å². The van der Waals surface area contributed by atoms with Gasteiger partial charge in [0.2, 0.25) is 0 Å². The van der Waals surface area contributed by atoms with Crippen LogP contribution in [-0.2, 0) is 11.3 Å². The van der Waals surface area contributed by atoms with Crippen LogP contribution in [0.3, 0.4) is 0 Å². The standard InChI is InChI=1S/C23H23N3O2S/c1-25-20-5-3-4-6-22(20)29-23(25)19(13-24)21(27)15-26(17-9-10-17)14-16-7-11-18(28-2)12-8-16/h3-8,11-12,17H,9-10,14-15H2,1-2H3/b23-19-. The maximum Gasteiger partial charge on any atom is 0.190 e. The molecule has 29 heavy (non-hydrogen) atoms. The Balaban J connectivity index is 1.52. The number of ether oxygens (including phenoxy) is 1. The fourth-order valence-corrected chi connectivity index (χ4v) is 4.69. The van der Waals surface area contributed by atoms with Crippen molar-refractivity contribution in [3.63, 3.8) is 0 Å². The Morgan fingerprint density at radius 3 is 2.59 bits per heavy atom. The van der Waals surface area contributed by atoms with Gasteiger partial charge in [-0.2, -0.15) is 5.26 Å². The maximum absolute atomic E-state index is 13.1. The predicted molar refractivity (Wildman–Crippen MR) is 115 cm³/mol. The van der Waals surface area contributed by atoms with Gasteiger partial charge in [-0.25, -0.2) is 0 Å². The topological polar surface area (TPSA) is 56.6 Å². The van der Waals surface area contributed by atoms with Gasteiger partial charge in [0, 0.05) is 24.5 Å². The van der Waals surface area contributed by atoms with E-state index in [-0.39, 0.29) is 17.9 Å². The van der Waals surface area contributed by atoms with Gasteiger partial charge in [-0.3, -0.25) is 9.69 Å². The molecule has 6 heteroatoms. The highest BCUT2D eigenvalue weighted by atomic mass is 32.2. The second-order valence-corrected chi connectivity index (χ2v) is 8.36. The SMILES string of the molecule is COc1ccc(CN(CC(=O)/C(C#N)=C2\Sc3ccccc3N2C)C2CC2)cc1. The molecule has 0 amide bonds. The molecule has 4 rings (SSSR count). The van der Waals surface area contributed by atoms with Gasteiger partial charge in [0.05, 0.1) is 19.3 Å². The molecule has 0 atom stereocenters. The third-order valence-electron chi connectivity index (χ3n) is 5.30. The molecule has 0 radical (unpaired) electrons. The number of hydrogen-bond donors (Lipinski definition) is 0. The first-order valence-corrected chi connectivity index (χ1v) is 10.5. The fourth-order valence-electron chi connectivity index (χ4n) is 3.53. The molecule has 2 aliphatic rings. The van der Waals surface area contributed by atoms with Crippen LogP contribution in [0.1, 0.15) is 18.4 Å². The Morgan fingerprint density at radius 2 is 1.97 bits per heavy atom. The lowest BCUT2D eigenvalue weighted by Gasteiger charge is -2.22. The summed E-state index contributed by atoms with van der Waals surface area (Å²) in [5, 5.41) is 10.5. The van der Waals surface area contributed by atoms with Crippen LogP contribution < -0.4 is 9.64 Å². The molecule has 1 aliphatic heterocycles. The Bertz CT molecular complexity index is 990. The van der Waals surface area contributed by atoms with Crippen molar-refractivity contribution in [3.05, 3.63) is 64.7 Å². The molecule has 0 spiro atoms. The van der Waals surface area contributed by atoms with Crippen LogP contribution in [0, 0.1) is 11.3 Å². The Morgan fingerprint density at radius 1 is 1.24 bits per heavy atom. The number of Topliss-reactive ketones (excluding diaryl/α,β-unsaturated/α-hetero) is 1. The van der Waals surface area contributed by atoms with Gasteiger partial charge < -0.3 is 9.64 Å². The van der Waals surface area contributed by atoms with E-state index in [1.807, 2.05) is 60.5 Å². The minimum Gasteiger partial charge on any atom is -0.497 e. The molecular weight excluding hydrogens is 382 g/mol. The van der Waals surface area contributed by atoms with Crippen LogP contribution in [0.25, 0.3) is 0 Å². The number of benzene rings is 2. The van der Waals surface area contributed by atoms with Gasteiger partial charge in [-0.1, -0.05) is 36.0 Å². The second-order valence-electron chi connectivity index (χ2n) is 7.33. The number of anilines is 1. The highest BCUT2D eigenvalue weighted by Crippen LogP contribution is 2.46. The summed E-state index contributed by atoms with van der Waals surface area (Å²) in [5.74, 6) is 0.704. The largest absolute Gasteiger partial charge is 0.497 e. The number of carbonyl (C=O) groups excluding carboxylic acids is 1. The Hall–Kier alpha value is -2.75. The molecule has 1 saturated carbocycles. The van der Waals surface area contributed by atoms with Gasteiger partial charge in [-0.05, 0) is 42.7 Å². The van der Waals surface area contributed by atoms with Crippen molar-refractivity contribution in [2.24, 2.45) is 0 Å². The number of nitriles is 1. The van der Waals surface area contributed by atoms with Crippen molar-refractivity contribution in [3.8, 4) is 11.8 Å². The maximum atomic E-state index is 13.1. The van der Waals surface area contributed by atoms with E-state index in [4.69, 9.17) is 4.74 Å². The highest BCUT2D eigenvalue weighted by Gasteiger charge is 2.33. The molecule has 2 aromatic carbocycles. The monoisotopic (exact) mass is 405 g/mol.